The molecule has 0 aliphatic heterocycles. The Morgan fingerprint density at radius 1 is 1.29 bits per heavy atom. The lowest BCUT2D eigenvalue weighted by molar-refractivity contribution is 0.193. The van der Waals surface area contributed by atoms with Crippen molar-refractivity contribution >= 4 is 0 Å². The van der Waals surface area contributed by atoms with Crippen LogP contribution in [0.4, 0.5) is 0 Å². The largest absolute Gasteiger partial charge is 0.383 e. The lowest BCUT2D eigenvalue weighted by atomic mass is 9.95. The summed E-state index contributed by atoms with van der Waals surface area (Å²) in [7, 11) is 1.77. The summed E-state index contributed by atoms with van der Waals surface area (Å²) in [5.41, 5.74) is 0. The summed E-state index contributed by atoms with van der Waals surface area (Å²) in [4.78, 5) is 0. The number of nitrogens with one attached hydrogen (secondary N) is 1. The molecule has 1 fully saturated rings. The van der Waals surface area contributed by atoms with Crippen LogP contribution >= 0.6 is 0 Å². The van der Waals surface area contributed by atoms with Gasteiger partial charge in [0.05, 0.1) is 6.61 Å². The molecule has 0 saturated heterocycles. The van der Waals surface area contributed by atoms with Crippen molar-refractivity contribution < 1.29 is 4.74 Å². The molecule has 0 aromatic carbocycles. The number of hydrogen-bond acceptors (Lipinski definition) is 2. The van der Waals surface area contributed by atoms with Gasteiger partial charge in [0.1, 0.15) is 0 Å². The average molecular weight is 199 g/mol. The lowest BCUT2D eigenvalue weighted by Gasteiger charge is -2.20. The Labute approximate surface area is 88.4 Å². The van der Waals surface area contributed by atoms with E-state index in [0.29, 0.717) is 0 Å². The third-order valence-corrected chi connectivity index (χ3v) is 3.35. The Morgan fingerprint density at radius 3 is 2.79 bits per heavy atom. The number of hydrogen-bond donors (Lipinski definition) is 1. The molecule has 0 radical (unpaired) electrons. The predicted molar refractivity (Wildman–Crippen MR) is 60.5 cm³/mol. The predicted octanol–water partition coefficient (Wildman–Crippen LogP) is 2.58. The van der Waals surface area contributed by atoms with Gasteiger partial charge in [-0.3, -0.25) is 0 Å². The Kier molecular flexibility index (Phi) is 6.20. The van der Waals surface area contributed by atoms with E-state index >= 15 is 0 Å². The van der Waals surface area contributed by atoms with E-state index in [1.54, 1.807) is 7.11 Å². The molecule has 2 nitrogen and oxygen atoms in total. The quantitative estimate of drug-likeness (QED) is 0.543. The zero-order chi connectivity index (χ0) is 10.2. The van der Waals surface area contributed by atoms with Crippen molar-refractivity contribution in [2.45, 2.75) is 51.5 Å². The summed E-state index contributed by atoms with van der Waals surface area (Å²) >= 11 is 0. The molecule has 1 saturated carbocycles. The molecule has 2 unspecified atom stereocenters. The van der Waals surface area contributed by atoms with Crippen molar-refractivity contribution in [3.8, 4) is 0 Å². The Morgan fingerprint density at radius 2 is 2.07 bits per heavy atom. The van der Waals surface area contributed by atoms with Crippen LogP contribution in [0, 0.1) is 5.92 Å². The minimum Gasteiger partial charge on any atom is -0.383 e. The molecule has 14 heavy (non-hydrogen) atoms. The van der Waals surface area contributed by atoms with E-state index in [-0.39, 0.29) is 0 Å². The molecule has 0 aromatic heterocycles. The smallest absolute Gasteiger partial charge is 0.0587 e. The van der Waals surface area contributed by atoms with Gasteiger partial charge in [-0.1, -0.05) is 32.6 Å². The van der Waals surface area contributed by atoms with Gasteiger partial charge in [-0.25, -0.2) is 0 Å². The van der Waals surface area contributed by atoms with E-state index in [0.717, 1.165) is 25.1 Å². The third kappa shape index (κ3) is 4.43. The second-order valence-electron chi connectivity index (χ2n) is 4.44. The van der Waals surface area contributed by atoms with E-state index in [1.807, 2.05) is 0 Å². The van der Waals surface area contributed by atoms with Gasteiger partial charge in [-0.05, 0) is 18.8 Å². The highest BCUT2D eigenvalue weighted by Crippen LogP contribution is 2.25. The van der Waals surface area contributed by atoms with Crippen LogP contribution in [-0.4, -0.2) is 26.3 Å². The molecule has 0 heterocycles. The van der Waals surface area contributed by atoms with Crippen molar-refractivity contribution in [3.05, 3.63) is 0 Å². The van der Waals surface area contributed by atoms with Crippen LogP contribution in [0.25, 0.3) is 0 Å². The number of ether oxygens (including phenoxy) is 1. The molecule has 1 rings (SSSR count). The van der Waals surface area contributed by atoms with Crippen molar-refractivity contribution in [2.24, 2.45) is 5.92 Å². The van der Waals surface area contributed by atoms with Crippen LogP contribution in [0.15, 0.2) is 0 Å². The van der Waals surface area contributed by atoms with Crippen molar-refractivity contribution in [1.29, 1.82) is 0 Å². The van der Waals surface area contributed by atoms with Crippen LogP contribution in [0.3, 0.4) is 0 Å². The molecule has 0 aromatic rings. The van der Waals surface area contributed by atoms with Gasteiger partial charge < -0.3 is 10.1 Å². The molecule has 2 heteroatoms. The first-order valence-electron chi connectivity index (χ1n) is 6.09. The van der Waals surface area contributed by atoms with Gasteiger partial charge in [-0.15, -0.1) is 0 Å². The molecule has 1 N–H and O–H groups in total. The van der Waals surface area contributed by atoms with Gasteiger partial charge in [0.2, 0.25) is 0 Å². The second kappa shape index (κ2) is 7.24. The maximum Gasteiger partial charge on any atom is 0.0587 e. The topological polar surface area (TPSA) is 21.3 Å². The Hall–Kier alpha value is -0.0800. The van der Waals surface area contributed by atoms with Crippen LogP contribution in [0.1, 0.15) is 45.4 Å². The van der Waals surface area contributed by atoms with E-state index in [2.05, 4.69) is 12.2 Å². The molecule has 2 atom stereocenters. The van der Waals surface area contributed by atoms with Crippen LogP contribution in [-0.2, 0) is 4.74 Å². The molecule has 0 bridgehead atoms. The first-order valence-corrected chi connectivity index (χ1v) is 6.09. The average Bonchev–Trinajstić information content (AvgIpc) is 2.43. The highest BCUT2D eigenvalue weighted by molar-refractivity contribution is 4.75. The summed E-state index contributed by atoms with van der Waals surface area (Å²) in [5, 5.41) is 3.60. The molecule has 84 valence electrons. The summed E-state index contributed by atoms with van der Waals surface area (Å²) < 4.78 is 5.05. The Bertz CT molecular complexity index is 138. The van der Waals surface area contributed by atoms with Gasteiger partial charge in [0, 0.05) is 19.7 Å². The Balaban J connectivity index is 2.20. The number of methoxy groups -OCH3 is 1. The van der Waals surface area contributed by atoms with Gasteiger partial charge in [0.25, 0.3) is 0 Å². The van der Waals surface area contributed by atoms with Crippen LogP contribution in [0.2, 0.25) is 0 Å². The maximum absolute atomic E-state index is 5.05. The van der Waals surface area contributed by atoms with E-state index < -0.39 is 0 Å². The fourth-order valence-corrected chi connectivity index (χ4v) is 2.38. The third-order valence-electron chi connectivity index (χ3n) is 3.35. The highest BCUT2D eigenvalue weighted by Gasteiger charge is 2.17. The summed E-state index contributed by atoms with van der Waals surface area (Å²) in [6, 6.07) is 0.748. The summed E-state index contributed by atoms with van der Waals surface area (Å²) in [6.07, 6.45) is 8.37. The first-order chi connectivity index (χ1) is 6.86. The highest BCUT2D eigenvalue weighted by atomic mass is 16.5. The normalized spacial score (nSPS) is 28.7. The number of rotatable bonds is 5. The van der Waals surface area contributed by atoms with Crippen molar-refractivity contribution in [3.63, 3.8) is 0 Å². The monoisotopic (exact) mass is 199 g/mol. The molecule has 1 aliphatic carbocycles. The van der Waals surface area contributed by atoms with E-state index in [1.165, 1.54) is 38.5 Å². The van der Waals surface area contributed by atoms with Crippen molar-refractivity contribution in [1.82, 2.24) is 5.32 Å². The van der Waals surface area contributed by atoms with Crippen molar-refractivity contribution in [2.75, 3.05) is 20.3 Å². The minimum absolute atomic E-state index is 0.748. The van der Waals surface area contributed by atoms with E-state index in [9.17, 15) is 0 Å². The van der Waals surface area contributed by atoms with Crippen LogP contribution in [0.5, 0.6) is 0 Å². The summed E-state index contributed by atoms with van der Waals surface area (Å²) in [5.74, 6) is 0.956. The minimum atomic E-state index is 0.748. The molecular weight excluding hydrogens is 174 g/mol. The standard InChI is InChI=1S/C12H25NO/c1-3-11-6-4-5-7-12(10-11)13-8-9-14-2/h11-13H,3-10H2,1-2H3. The zero-order valence-electron chi connectivity index (χ0n) is 9.72. The SMILES string of the molecule is CCC1CCCCC(NCCOC)C1. The summed E-state index contributed by atoms with van der Waals surface area (Å²) in [6.45, 7) is 4.17. The fraction of sp³-hybridized carbons (Fsp3) is 1.00. The van der Waals surface area contributed by atoms with Crippen LogP contribution < -0.4 is 5.32 Å². The molecule has 1 aliphatic rings. The first kappa shape index (κ1) is 12.0. The van der Waals surface area contributed by atoms with Gasteiger partial charge in [-0.2, -0.15) is 0 Å². The van der Waals surface area contributed by atoms with Gasteiger partial charge >= 0.3 is 0 Å². The molecule has 0 amide bonds. The maximum atomic E-state index is 5.05. The fourth-order valence-electron chi connectivity index (χ4n) is 2.38. The lowest BCUT2D eigenvalue weighted by Crippen LogP contribution is -2.32. The van der Waals surface area contributed by atoms with Gasteiger partial charge in [0.15, 0.2) is 0 Å². The zero-order valence-corrected chi connectivity index (χ0v) is 9.72. The molecule has 0 spiro atoms. The molecular formula is C12H25NO. The van der Waals surface area contributed by atoms with E-state index in [4.69, 9.17) is 4.74 Å². The second-order valence-corrected chi connectivity index (χ2v) is 4.44.